The summed E-state index contributed by atoms with van der Waals surface area (Å²) >= 11 is 0. The Morgan fingerprint density at radius 3 is 2.65 bits per heavy atom. The van der Waals surface area contributed by atoms with E-state index in [-0.39, 0.29) is 18.4 Å². The van der Waals surface area contributed by atoms with Gasteiger partial charge in [0.2, 0.25) is 0 Å². The van der Waals surface area contributed by atoms with E-state index in [4.69, 9.17) is 4.74 Å². The predicted molar refractivity (Wildman–Crippen MR) is 87.4 cm³/mol. The Morgan fingerprint density at radius 1 is 1.13 bits per heavy atom. The Labute approximate surface area is 133 Å². The molecule has 2 heterocycles. The predicted octanol–water partition coefficient (Wildman–Crippen LogP) is 2.57. The molecule has 1 N–H and O–H groups in total. The summed E-state index contributed by atoms with van der Waals surface area (Å²) in [5.41, 5.74) is 2.01. The summed E-state index contributed by atoms with van der Waals surface area (Å²) in [6.07, 6.45) is 0. The Bertz CT molecular complexity index is 789. The van der Waals surface area contributed by atoms with Crippen LogP contribution >= 0.6 is 0 Å². The van der Waals surface area contributed by atoms with Gasteiger partial charge in [-0.15, -0.1) is 0 Å². The largest absolute Gasteiger partial charge is 0.484 e. The number of nitrogens with one attached hydrogen (secondary N) is 1. The second-order valence-corrected chi connectivity index (χ2v) is 5.74. The molecule has 0 saturated carbocycles. The third-order valence-corrected chi connectivity index (χ3v) is 4.13. The van der Waals surface area contributed by atoms with Gasteiger partial charge >= 0.3 is 0 Å². The van der Waals surface area contributed by atoms with Gasteiger partial charge in [-0.1, -0.05) is 30.3 Å². The molecule has 0 aliphatic carbocycles. The minimum absolute atomic E-state index is 0.0150. The van der Waals surface area contributed by atoms with Crippen LogP contribution in [0.3, 0.4) is 0 Å². The van der Waals surface area contributed by atoms with Crippen LogP contribution in [-0.2, 0) is 4.79 Å². The summed E-state index contributed by atoms with van der Waals surface area (Å²) in [6, 6.07) is 17.4. The number of carbonyl (C=O) groups excluding carboxylic acids is 1. The molecule has 5 nitrogen and oxygen atoms in total. The first-order valence-corrected chi connectivity index (χ1v) is 7.70. The normalized spacial score (nSPS) is 14.7. The molecule has 5 heteroatoms. The number of carbonyl (C=O) groups is 1. The number of ether oxygens (including phenoxy) is 1. The van der Waals surface area contributed by atoms with Crippen molar-refractivity contribution in [2.75, 3.05) is 19.7 Å². The highest BCUT2D eigenvalue weighted by Crippen LogP contribution is 2.26. The molecule has 116 valence electrons. The first kappa shape index (κ1) is 13.8. The maximum atomic E-state index is 12.1. The fourth-order valence-corrected chi connectivity index (χ4v) is 2.77. The van der Waals surface area contributed by atoms with E-state index in [0.29, 0.717) is 13.1 Å². The second kappa shape index (κ2) is 5.76. The molecule has 0 unspecified atom stereocenters. The van der Waals surface area contributed by atoms with Crippen molar-refractivity contribution in [1.29, 1.82) is 0 Å². The lowest BCUT2D eigenvalue weighted by atomic mass is 9.99. The highest BCUT2D eigenvalue weighted by molar-refractivity contribution is 5.79. The third kappa shape index (κ3) is 2.77. The summed E-state index contributed by atoms with van der Waals surface area (Å²) in [5.74, 6) is 1.97. The van der Waals surface area contributed by atoms with Crippen LogP contribution in [0, 0.1) is 0 Å². The zero-order valence-corrected chi connectivity index (χ0v) is 12.6. The van der Waals surface area contributed by atoms with Crippen LogP contribution in [0.15, 0.2) is 54.6 Å². The van der Waals surface area contributed by atoms with E-state index in [1.165, 1.54) is 0 Å². The molecule has 0 bridgehead atoms. The van der Waals surface area contributed by atoms with E-state index < -0.39 is 0 Å². The van der Waals surface area contributed by atoms with Gasteiger partial charge in [0.1, 0.15) is 11.6 Å². The molecule has 4 rings (SSSR count). The van der Waals surface area contributed by atoms with Crippen LogP contribution < -0.4 is 4.74 Å². The lowest BCUT2D eigenvalue weighted by molar-refractivity contribution is -0.137. The zero-order valence-electron chi connectivity index (χ0n) is 12.6. The molecule has 0 spiro atoms. The molecule has 1 saturated heterocycles. The van der Waals surface area contributed by atoms with E-state index in [2.05, 4.69) is 9.97 Å². The van der Waals surface area contributed by atoms with E-state index >= 15 is 0 Å². The number of likely N-dealkylation sites (tertiary alicyclic amines) is 1. The number of benzene rings is 2. The van der Waals surface area contributed by atoms with Crippen LogP contribution in [0.5, 0.6) is 5.75 Å². The molecular formula is C18H17N3O2. The van der Waals surface area contributed by atoms with Gasteiger partial charge in [-0.3, -0.25) is 4.79 Å². The highest BCUT2D eigenvalue weighted by atomic mass is 16.5. The minimum atomic E-state index is 0.0150. The van der Waals surface area contributed by atoms with Crippen molar-refractivity contribution in [3.8, 4) is 5.75 Å². The Morgan fingerprint density at radius 2 is 1.87 bits per heavy atom. The lowest BCUT2D eigenvalue weighted by Gasteiger charge is -2.38. The monoisotopic (exact) mass is 307 g/mol. The van der Waals surface area contributed by atoms with Gasteiger partial charge in [0, 0.05) is 13.1 Å². The van der Waals surface area contributed by atoms with Gasteiger partial charge in [0.05, 0.1) is 17.0 Å². The molecule has 1 aliphatic rings. The van der Waals surface area contributed by atoms with Crippen LogP contribution in [0.1, 0.15) is 11.7 Å². The minimum Gasteiger partial charge on any atom is -0.484 e. The molecule has 1 amide bonds. The average molecular weight is 307 g/mol. The van der Waals surface area contributed by atoms with E-state index in [9.17, 15) is 4.79 Å². The molecular weight excluding hydrogens is 290 g/mol. The summed E-state index contributed by atoms with van der Waals surface area (Å²) in [5, 5.41) is 0. The van der Waals surface area contributed by atoms with Crippen LogP contribution in [-0.4, -0.2) is 40.5 Å². The summed E-state index contributed by atoms with van der Waals surface area (Å²) in [4.78, 5) is 21.9. The molecule has 1 aliphatic heterocycles. The molecule has 2 aromatic carbocycles. The summed E-state index contributed by atoms with van der Waals surface area (Å²) in [7, 11) is 0. The van der Waals surface area contributed by atoms with E-state index in [1.807, 2.05) is 54.6 Å². The van der Waals surface area contributed by atoms with Crippen LogP contribution in [0.2, 0.25) is 0 Å². The first-order chi connectivity index (χ1) is 11.3. The quantitative estimate of drug-likeness (QED) is 0.806. The number of aromatic nitrogens is 2. The fraction of sp³-hybridized carbons (Fsp3) is 0.222. The maximum Gasteiger partial charge on any atom is 0.260 e. The van der Waals surface area contributed by atoms with Crippen molar-refractivity contribution in [1.82, 2.24) is 14.9 Å². The fourth-order valence-electron chi connectivity index (χ4n) is 2.77. The number of imidazole rings is 1. The van der Waals surface area contributed by atoms with Gasteiger partial charge in [0.15, 0.2) is 6.61 Å². The smallest absolute Gasteiger partial charge is 0.260 e. The maximum absolute atomic E-state index is 12.1. The number of nitrogens with zero attached hydrogens (tertiary/aromatic N) is 2. The van der Waals surface area contributed by atoms with Crippen LogP contribution in [0.25, 0.3) is 11.0 Å². The van der Waals surface area contributed by atoms with Gasteiger partial charge in [-0.2, -0.15) is 0 Å². The Kier molecular flexibility index (Phi) is 3.46. The summed E-state index contributed by atoms with van der Waals surface area (Å²) < 4.78 is 5.50. The van der Waals surface area contributed by atoms with Gasteiger partial charge < -0.3 is 14.6 Å². The topological polar surface area (TPSA) is 58.2 Å². The van der Waals surface area contributed by atoms with Gasteiger partial charge in [-0.25, -0.2) is 4.98 Å². The lowest BCUT2D eigenvalue weighted by Crippen LogP contribution is -2.50. The van der Waals surface area contributed by atoms with Crippen molar-refractivity contribution in [3.63, 3.8) is 0 Å². The SMILES string of the molecule is O=C(COc1ccccc1)N1CC(c2nc3ccccc3[nH]2)C1. The summed E-state index contributed by atoms with van der Waals surface area (Å²) in [6.45, 7) is 1.46. The molecule has 23 heavy (non-hydrogen) atoms. The zero-order chi connectivity index (χ0) is 15.6. The van der Waals surface area contributed by atoms with E-state index in [1.54, 1.807) is 4.90 Å². The average Bonchev–Trinajstić information content (AvgIpc) is 2.96. The number of aromatic amines is 1. The molecule has 3 aromatic rings. The Hall–Kier alpha value is -2.82. The number of fused-ring (bicyclic) bond motifs is 1. The standard InChI is InChI=1S/C18H17N3O2/c22-17(12-23-14-6-2-1-3-7-14)21-10-13(11-21)18-19-15-8-4-5-9-16(15)20-18/h1-9,13H,10-12H2,(H,19,20). The van der Waals surface area contributed by atoms with Gasteiger partial charge in [0.25, 0.3) is 5.91 Å². The molecule has 1 aromatic heterocycles. The first-order valence-electron chi connectivity index (χ1n) is 7.70. The number of H-pyrrole nitrogens is 1. The van der Waals surface area contributed by atoms with Crippen LogP contribution in [0.4, 0.5) is 0 Å². The van der Waals surface area contributed by atoms with Crippen molar-refractivity contribution in [2.24, 2.45) is 0 Å². The van der Waals surface area contributed by atoms with Crippen molar-refractivity contribution in [2.45, 2.75) is 5.92 Å². The second-order valence-electron chi connectivity index (χ2n) is 5.74. The number of para-hydroxylation sites is 3. The molecule has 0 atom stereocenters. The van der Waals surface area contributed by atoms with Crippen molar-refractivity contribution >= 4 is 16.9 Å². The number of hydrogen-bond acceptors (Lipinski definition) is 3. The van der Waals surface area contributed by atoms with Crippen molar-refractivity contribution < 1.29 is 9.53 Å². The number of hydrogen-bond donors (Lipinski definition) is 1. The molecule has 0 radical (unpaired) electrons. The third-order valence-electron chi connectivity index (χ3n) is 4.13. The van der Waals surface area contributed by atoms with Gasteiger partial charge in [-0.05, 0) is 24.3 Å². The van der Waals surface area contributed by atoms with Crippen molar-refractivity contribution in [3.05, 3.63) is 60.4 Å². The highest BCUT2D eigenvalue weighted by Gasteiger charge is 2.33. The number of amides is 1. The Balaban J connectivity index is 1.33. The van der Waals surface area contributed by atoms with E-state index in [0.717, 1.165) is 22.6 Å². The number of rotatable bonds is 4. The molecule has 1 fully saturated rings.